The maximum atomic E-state index is 13.1. The molecule has 2 aromatic carbocycles. The zero-order valence-electron chi connectivity index (χ0n) is 14.6. The van der Waals surface area contributed by atoms with E-state index in [1.807, 2.05) is 18.2 Å². The van der Waals surface area contributed by atoms with Gasteiger partial charge in [-0.25, -0.2) is 8.78 Å². The lowest BCUT2D eigenvalue weighted by atomic mass is 10.1. The van der Waals surface area contributed by atoms with Crippen LogP contribution in [0.4, 0.5) is 14.5 Å². The molecule has 27 heavy (non-hydrogen) atoms. The molecule has 0 saturated heterocycles. The number of ether oxygens (including phenoxy) is 1. The van der Waals surface area contributed by atoms with Gasteiger partial charge in [0, 0.05) is 16.3 Å². The second-order valence-electron chi connectivity index (χ2n) is 6.22. The lowest BCUT2D eigenvalue weighted by Gasteiger charge is -2.08. The molecule has 0 unspecified atom stereocenters. The molecule has 142 valence electrons. The van der Waals surface area contributed by atoms with E-state index in [0.29, 0.717) is 16.3 Å². The van der Waals surface area contributed by atoms with Gasteiger partial charge in [-0.3, -0.25) is 9.59 Å². The van der Waals surface area contributed by atoms with E-state index in [2.05, 4.69) is 5.32 Å². The van der Waals surface area contributed by atoms with Gasteiger partial charge in [-0.2, -0.15) is 0 Å². The predicted molar refractivity (Wildman–Crippen MR) is 99.8 cm³/mol. The summed E-state index contributed by atoms with van der Waals surface area (Å²) in [6.07, 6.45) is 3.29. The lowest BCUT2D eigenvalue weighted by molar-refractivity contribution is -0.146. The van der Waals surface area contributed by atoms with Crippen molar-refractivity contribution in [1.82, 2.24) is 0 Å². The Morgan fingerprint density at radius 3 is 2.67 bits per heavy atom. The summed E-state index contributed by atoms with van der Waals surface area (Å²) in [5, 5.41) is 2.72. The average Bonchev–Trinajstić information content (AvgIpc) is 3.11. The van der Waals surface area contributed by atoms with Crippen molar-refractivity contribution in [3.05, 3.63) is 59.2 Å². The number of fused-ring (bicyclic) bond motifs is 1. The highest BCUT2D eigenvalue weighted by Crippen LogP contribution is 2.25. The van der Waals surface area contributed by atoms with Crippen molar-refractivity contribution in [3.63, 3.8) is 0 Å². The van der Waals surface area contributed by atoms with Gasteiger partial charge in [0.1, 0.15) is 0 Å². The van der Waals surface area contributed by atoms with Crippen LogP contribution in [0.25, 0.3) is 0 Å². The summed E-state index contributed by atoms with van der Waals surface area (Å²) in [6, 6.07) is 9.38. The third-order valence-corrected chi connectivity index (χ3v) is 5.21. The number of rotatable bonds is 7. The molecule has 7 heteroatoms. The highest BCUT2D eigenvalue weighted by atomic mass is 32.2. The van der Waals surface area contributed by atoms with E-state index in [9.17, 15) is 18.4 Å². The fourth-order valence-electron chi connectivity index (χ4n) is 2.88. The van der Waals surface area contributed by atoms with Crippen molar-refractivity contribution >= 4 is 29.3 Å². The molecule has 1 N–H and O–H groups in total. The van der Waals surface area contributed by atoms with E-state index < -0.39 is 23.5 Å². The van der Waals surface area contributed by atoms with Crippen LogP contribution in [-0.2, 0) is 27.2 Å². The third-order valence-electron chi connectivity index (χ3n) is 4.21. The number of hydrogen-bond donors (Lipinski definition) is 1. The number of nitrogens with one attached hydrogen (secondary N) is 1. The molecule has 0 aliphatic heterocycles. The highest BCUT2D eigenvalue weighted by molar-refractivity contribution is 7.99. The van der Waals surface area contributed by atoms with Gasteiger partial charge in [0.15, 0.2) is 18.2 Å². The molecule has 4 nitrogen and oxygen atoms in total. The van der Waals surface area contributed by atoms with Crippen molar-refractivity contribution in [2.45, 2.75) is 30.6 Å². The SMILES string of the molecule is O=C(COC(=O)CCSc1ccc(F)c(F)c1)Nc1ccc2c(c1)CCC2. The van der Waals surface area contributed by atoms with Crippen LogP contribution in [0.1, 0.15) is 24.0 Å². The van der Waals surface area contributed by atoms with E-state index in [1.54, 1.807) is 0 Å². The van der Waals surface area contributed by atoms with Crippen molar-refractivity contribution in [2.75, 3.05) is 17.7 Å². The average molecular weight is 391 g/mol. The molecular weight excluding hydrogens is 372 g/mol. The largest absolute Gasteiger partial charge is 0.456 e. The van der Waals surface area contributed by atoms with Crippen molar-refractivity contribution in [2.24, 2.45) is 0 Å². The molecule has 0 heterocycles. The van der Waals surface area contributed by atoms with Crippen LogP contribution in [0.5, 0.6) is 0 Å². The number of carbonyl (C=O) groups is 2. The Kier molecular flexibility index (Phi) is 6.45. The van der Waals surface area contributed by atoms with Gasteiger partial charge in [0.05, 0.1) is 6.42 Å². The van der Waals surface area contributed by atoms with Gasteiger partial charge >= 0.3 is 5.97 Å². The quantitative estimate of drug-likeness (QED) is 0.570. The standard InChI is InChI=1S/C20H19F2NO3S/c21-17-7-6-16(11-18(17)22)27-9-8-20(25)26-12-19(24)23-15-5-4-13-2-1-3-14(13)10-15/h4-7,10-11H,1-3,8-9,12H2,(H,23,24). The number of halogens is 2. The minimum atomic E-state index is -0.925. The number of hydrogen-bond acceptors (Lipinski definition) is 4. The summed E-state index contributed by atoms with van der Waals surface area (Å²) in [7, 11) is 0. The number of carbonyl (C=O) groups excluding carboxylic acids is 2. The van der Waals surface area contributed by atoms with Crippen LogP contribution < -0.4 is 5.32 Å². The predicted octanol–water partition coefficient (Wildman–Crippen LogP) is 4.12. The van der Waals surface area contributed by atoms with Crippen LogP contribution in [-0.4, -0.2) is 24.2 Å². The Labute approximate surface area is 160 Å². The Hall–Kier alpha value is -2.41. The van der Waals surface area contributed by atoms with Crippen LogP contribution >= 0.6 is 11.8 Å². The molecular formula is C20H19F2NO3S. The van der Waals surface area contributed by atoms with Crippen molar-refractivity contribution in [3.8, 4) is 0 Å². The number of thioether (sulfide) groups is 1. The first-order valence-corrected chi connectivity index (χ1v) is 9.65. The number of benzene rings is 2. The van der Waals surface area contributed by atoms with Gasteiger partial charge in [-0.05, 0) is 60.7 Å². The molecule has 0 fully saturated rings. The van der Waals surface area contributed by atoms with Crippen LogP contribution in [0.2, 0.25) is 0 Å². The molecule has 0 aromatic heterocycles. The Bertz CT molecular complexity index is 857. The van der Waals surface area contributed by atoms with Gasteiger partial charge < -0.3 is 10.1 Å². The van der Waals surface area contributed by atoms with Gasteiger partial charge in [-0.15, -0.1) is 11.8 Å². The summed E-state index contributed by atoms with van der Waals surface area (Å²) >= 11 is 1.21. The van der Waals surface area contributed by atoms with Crippen molar-refractivity contribution < 1.29 is 23.1 Å². The topological polar surface area (TPSA) is 55.4 Å². The molecule has 3 rings (SSSR count). The molecule has 1 aliphatic carbocycles. The monoisotopic (exact) mass is 391 g/mol. The van der Waals surface area contributed by atoms with E-state index in [0.717, 1.165) is 31.4 Å². The summed E-state index contributed by atoms with van der Waals surface area (Å²) in [5.41, 5.74) is 3.27. The van der Waals surface area contributed by atoms with Crippen LogP contribution in [0.3, 0.4) is 0 Å². The Morgan fingerprint density at radius 1 is 1.04 bits per heavy atom. The summed E-state index contributed by atoms with van der Waals surface area (Å²) in [5.74, 6) is -2.40. The Balaban J connectivity index is 1.37. The van der Waals surface area contributed by atoms with Gasteiger partial charge in [0.25, 0.3) is 5.91 Å². The normalized spacial score (nSPS) is 12.5. The fraction of sp³-hybridized carbons (Fsp3) is 0.300. The maximum absolute atomic E-state index is 13.1. The molecule has 0 radical (unpaired) electrons. The minimum Gasteiger partial charge on any atom is -0.456 e. The number of anilines is 1. The summed E-state index contributed by atoms with van der Waals surface area (Å²) < 4.78 is 30.9. The first-order valence-electron chi connectivity index (χ1n) is 8.66. The smallest absolute Gasteiger partial charge is 0.307 e. The fourth-order valence-corrected chi connectivity index (χ4v) is 3.74. The van der Waals surface area contributed by atoms with Gasteiger partial charge in [0.2, 0.25) is 0 Å². The molecule has 0 saturated carbocycles. The molecule has 0 atom stereocenters. The van der Waals surface area contributed by atoms with Gasteiger partial charge in [-0.1, -0.05) is 6.07 Å². The number of amides is 1. The molecule has 1 amide bonds. The third kappa shape index (κ3) is 5.53. The first kappa shape index (κ1) is 19.4. The van der Waals surface area contributed by atoms with E-state index in [-0.39, 0.29) is 13.0 Å². The number of aryl methyl sites for hydroxylation is 2. The lowest BCUT2D eigenvalue weighted by Crippen LogP contribution is -2.21. The minimum absolute atomic E-state index is 0.0653. The zero-order valence-corrected chi connectivity index (χ0v) is 15.4. The summed E-state index contributed by atoms with van der Waals surface area (Å²) in [6.45, 7) is -0.355. The van der Waals surface area contributed by atoms with E-state index >= 15 is 0 Å². The maximum Gasteiger partial charge on any atom is 0.307 e. The highest BCUT2D eigenvalue weighted by Gasteiger charge is 2.13. The van der Waals surface area contributed by atoms with Crippen LogP contribution in [0.15, 0.2) is 41.3 Å². The Morgan fingerprint density at radius 2 is 1.85 bits per heavy atom. The van der Waals surface area contributed by atoms with Crippen LogP contribution in [0, 0.1) is 11.6 Å². The zero-order chi connectivity index (χ0) is 19.2. The second kappa shape index (κ2) is 8.99. The molecule has 1 aliphatic rings. The molecule has 0 bridgehead atoms. The van der Waals surface area contributed by atoms with E-state index in [1.165, 1.54) is 29.0 Å². The summed E-state index contributed by atoms with van der Waals surface area (Å²) in [4.78, 5) is 24.2. The number of esters is 1. The molecule has 2 aromatic rings. The molecule has 0 spiro atoms. The van der Waals surface area contributed by atoms with Crippen molar-refractivity contribution in [1.29, 1.82) is 0 Å². The van der Waals surface area contributed by atoms with E-state index in [4.69, 9.17) is 4.74 Å². The first-order chi connectivity index (χ1) is 13.0. The second-order valence-corrected chi connectivity index (χ2v) is 7.39.